The van der Waals surface area contributed by atoms with E-state index < -0.39 is 34.4 Å². The van der Waals surface area contributed by atoms with Crippen molar-refractivity contribution in [2.75, 3.05) is 36.5 Å². The van der Waals surface area contributed by atoms with Crippen molar-refractivity contribution in [2.24, 2.45) is 0 Å². The maximum Gasteiger partial charge on any atom is 0.427 e. The fourth-order valence-electron chi connectivity index (χ4n) is 3.25. The zero-order valence-corrected chi connectivity index (χ0v) is 18.0. The van der Waals surface area contributed by atoms with Crippen molar-refractivity contribution < 1.29 is 35.9 Å². The summed E-state index contributed by atoms with van der Waals surface area (Å²) in [6.45, 7) is 2.33. The molecule has 0 bridgehead atoms. The molecule has 180 valence electrons. The van der Waals surface area contributed by atoms with Gasteiger partial charge in [-0.2, -0.15) is 26.3 Å². The van der Waals surface area contributed by atoms with E-state index >= 15 is 0 Å². The summed E-state index contributed by atoms with van der Waals surface area (Å²) in [6.07, 6.45) is -7.89. The van der Waals surface area contributed by atoms with Crippen LogP contribution in [0.4, 0.5) is 37.2 Å². The molecule has 6 nitrogen and oxygen atoms in total. The monoisotopic (exact) mass is 502 g/mol. The van der Waals surface area contributed by atoms with Gasteiger partial charge in [-0.15, -0.1) is 0 Å². The molecule has 0 radical (unpaired) electrons. The number of benzene rings is 1. The normalized spacial score (nSPS) is 14.8. The van der Waals surface area contributed by atoms with Gasteiger partial charge >= 0.3 is 12.4 Å². The summed E-state index contributed by atoms with van der Waals surface area (Å²) < 4.78 is 84.2. The second-order valence-electron chi connectivity index (χ2n) is 7.22. The van der Waals surface area contributed by atoms with Crippen LogP contribution in [0.25, 0.3) is 11.4 Å². The van der Waals surface area contributed by atoms with Crippen LogP contribution in [-0.2, 0) is 17.1 Å². The molecule has 0 aliphatic carbocycles. The number of aromatic nitrogens is 2. The molecular formula is C21H16F6N4O2S. The van der Waals surface area contributed by atoms with Gasteiger partial charge in [0.1, 0.15) is 10.6 Å². The second-order valence-corrected chi connectivity index (χ2v) is 8.22. The molecular weight excluding hydrogens is 486 g/mol. The van der Waals surface area contributed by atoms with E-state index in [0.29, 0.717) is 38.4 Å². The third-order valence-electron chi connectivity index (χ3n) is 4.95. The molecule has 1 N–H and O–H groups in total. The van der Waals surface area contributed by atoms with Crippen LogP contribution in [0.15, 0.2) is 42.6 Å². The topological polar surface area (TPSA) is 67.4 Å². The lowest BCUT2D eigenvalue weighted by atomic mass is 10.1. The van der Waals surface area contributed by atoms with Crippen LogP contribution in [-0.4, -0.2) is 42.2 Å². The van der Waals surface area contributed by atoms with Crippen molar-refractivity contribution in [2.45, 2.75) is 12.4 Å². The molecule has 1 amide bonds. The van der Waals surface area contributed by atoms with Crippen LogP contribution in [0.1, 0.15) is 20.8 Å². The van der Waals surface area contributed by atoms with E-state index in [2.05, 4.69) is 15.3 Å². The third-order valence-corrected chi connectivity index (χ3v) is 5.96. The highest BCUT2D eigenvalue weighted by molar-refractivity contribution is 7.16. The van der Waals surface area contributed by atoms with E-state index in [-0.39, 0.29) is 27.7 Å². The Balaban J connectivity index is 1.57. The summed E-state index contributed by atoms with van der Waals surface area (Å²) in [5.74, 6) is -0.890. The van der Waals surface area contributed by atoms with Crippen LogP contribution in [0.5, 0.6) is 0 Å². The molecule has 1 aromatic carbocycles. The third kappa shape index (κ3) is 5.30. The molecule has 3 heterocycles. The van der Waals surface area contributed by atoms with E-state index in [4.69, 9.17) is 4.74 Å². The molecule has 0 saturated carbocycles. The van der Waals surface area contributed by atoms with Gasteiger partial charge in [-0.05, 0) is 36.4 Å². The molecule has 1 aliphatic heterocycles. The standard InChI is InChI=1S/C21H16F6N4O2S/c22-20(23,24)13-3-1-12(2-4-13)18(32)30-19-29-16(17(34-19)21(25,26)27)15-6-5-14(11-28-15)31-7-9-33-10-8-31/h1-6,11H,7-10H2,(H,29,30,32). The first kappa shape index (κ1) is 24.0. The Labute approximate surface area is 193 Å². The lowest BCUT2D eigenvalue weighted by Gasteiger charge is -2.28. The first-order valence-electron chi connectivity index (χ1n) is 9.88. The number of carbonyl (C=O) groups excluding carboxylic acids is 1. The van der Waals surface area contributed by atoms with Crippen molar-refractivity contribution in [1.82, 2.24) is 9.97 Å². The van der Waals surface area contributed by atoms with E-state index in [9.17, 15) is 31.1 Å². The van der Waals surface area contributed by atoms with Crippen LogP contribution in [0, 0.1) is 0 Å². The van der Waals surface area contributed by atoms with Gasteiger partial charge in [0.05, 0.1) is 36.4 Å². The zero-order chi connectivity index (χ0) is 24.5. The Morgan fingerprint density at radius 1 is 0.971 bits per heavy atom. The molecule has 3 aromatic rings. The lowest BCUT2D eigenvalue weighted by Crippen LogP contribution is -2.36. The van der Waals surface area contributed by atoms with E-state index in [1.165, 1.54) is 12.3 Å². The number of ether oxygens (including phenoxy) is 1. The predicted octanol–water partition coefficient (Wildman–Crippen LogP) is 5.33. The number of carbonyl (C=O) groups is 1. The van der Waals surface area contributed by atoms with Gasteiger partial charge in [0.25, 0.3) is 5.91 Å². The summed E-state index contributed by atoms with van der Waals surface area (Å²) in [5.41, 5.74) is -0.867. The highest BCUT2D eigenvalue weighted by Gasteiger charge is 2.38. The van der Waals surface area contributed by atoms with E-state index in [0.717, 1.165) is 17.8 Å². The van der Waals surface area contributed by atoms with Crippen molar-refractivity contribution >= 4 is 28.1 Å². The van der Waals surface area contributed by atoms with E-state index in [1.807, 2.05) is 4.90 Å². The van der Waals surface area contributed by atoms with Crippen molar-refractivity contribution in [3.05, 3.63) is 58.6 Å². The molecule has 1 fully saturated rings. The van der Waals surface area contributed by atoms with E-state index in [1.54, 1.807) is 6.07 Å². The summed E-state index contributed by atoms with van der Waals surface area (Å²) in [6, 6.07) is 6.34. The Morgan fingerprint density at radius 2 is 1.65 bits per heavy atom. The number of anilines is 2. The van der Waals surface area contributed by atoms with Gasteiger partial charge in [-0.3, -0.25) is 15.1 Å². The van der Waals surface area contributed by atoms with Gasteiger partial charge in [0.2, 0.25) is 0 Å². The summed E-state index contributed by atoms with van der Waals surface area (Å²) in [5, 5.41) is 1.86. The second kappa shape index (κ2) is 9.22. The highest BCUT2D eigenvalue weighted by Crippen LogP contribution is 2.42. The SMILES string of the molecule is O=C(Nc1nc(-c2ccc(N3CCOCC3)cn2)c(C(F)(F)F)s1)c1ccc(C(F)(F)F)cc1. The largest absolute Gasteiger partial charge is 0.427 e. The van der Waals surface area contributed by atoms with Gasteiger partial charge < -0.3 is 9.64 Å². The van der Waals surface area contributed by atoms with Gasteiger partial charge in [0.15, 0.2) is 5.13 Å². The van der Waals surface area contributed by atoms with Crippen LogP contribution in [0.2, 0.25) is 0 Å². The Kier molecular flexibility index (Phi) is 6.49. The minimum atomic E-state index is -4.76. The summed E-state index contributed by atoms with van der Waals surface area (Å²) >= 11 is 0.209. The number of hydrogen-bond donors (Lipinski definition) is 1. The minimum Gasteiger partial charge on any atom is -0.378 e. The highest BCUT2D eigenvalue weighted by atomic mass is 32.1. The molecule has 1 saturated heterocycles. The lowest BCUT2D eigenvalue weighted by molar-refractivity contribution is -0.137. The predicted molar refractivity (Wildman–Crippen MR) is 113 cm³/mol. The number of morpholine rings is 1. The fraction of sp³-hybridized carbons (Fsp3) is 0.286. The number of hydrogen-bond acceptors (Lipinski definition) is 6. The number of nitrogens with one attached hydrogen (secondary N) is 1. The molecule has 0 unspecified atom stereocenters. The van der Waals surface area contributed by atoms with Crippen LogP contribution in [0.3, 0.4) is 0 Å². The van der Waals surface area contributed by atoms with Crippen molar-refractivity contribution in [3.63, 3.8) is 0 Å². The molecule has 0 atom stereocenters. The van der Waals surface area contributed by atoms with Crippen molar-refractivity contribution in [1.29, 1.82) is 0 Å². The number of alkyl halides is 6. The van der Waals surface area contributed by atoms with Gasteiger partial charge in [-0.25, -0.2) is 4.98 Å². The van der Waals surface area contributed by atoms with Gasteiger partial charge in [0, 0.05) is 18.7 Å². The number of thiazole rings is 1. The summed E-state index contributed by atoms with van der Waals surface area (Å²) in [4.78, 5) is 21.3. The number of nitrogens with zero attached hydrogens (tertiary/aromatic N) is 3. The number of halogens is 6. The smallest absolute Gasteiger partial charge is 0.378 e. The van der Waals surface area contributed by atoms with Crippen LogP contribution < -0.4 is 10.2 Å². The number of amides is 1. The maximum atomic E-state index is 13.6. The molecule has 0 spiro atoms. The molecule has 4 rings (SSSR count). The molecule has 34 heavy (non-hydrogen) atoms. The number of pyridine rings is 1. The molecule has 1 aliphatic rings. The Hall–Kier alpha value is -3.19. The summed E-state index contributed by atoms with van der Waals surface area (Å²) in [7, 11) is 0. The minimum absolute atomic E-state index is 0.0318. The average Bonchev–Trinajstić information content (AvgIpc) is 3.24. The zero-order valence-electron chi connectivity index (χ0n) is 17.2. The maximum absolute atomic E-state index is 13.6. The average molecular weight is 502 g/mol. The Bertz CT molecular complexity index is 1150. The number of rotatable bonds is 4. The Morgan fingerprint density at radius 3 is 2.21 bits per heavy atom. The van der Waals surface area contributed by atoms with Crippen LogP contribution >= 0.6 is 11.3 Å². The van der Waals surface area contributed by atoms with Gasteiger partial charge in [-0.1, -0.05) is 11.3 Å². The quantitative estimate of drug-likeness (QED) is 0.489. The molecule has 13 heteroatoms. The first-order chi connectivity index (χ1) is 16.0. The first-order valence-corrected chi connectivity index (χ1v) is 10.7. The fourth-order valence-corrected chi connectivity index (χ4v) is 4.09. The van der Waals surface area contributed by atoms with Crippen molar-refractivity contribution in [3.8, 4) is 11.4 Å². The molecule has 2 aromatic heterocycles.